The predicted octanol–water partition coefficient (Wildman–Crippen LogP) is 3.15. The van der Waals surface area contributed by atoms with Gasteiger partial charge in [0.15, 0.2) is 6.61 Å². The third kappa shape index (κ3) is 5.37. The van der Waals surface area contributed by atoms with Crippen molar-refractivity contribution in [1.29, 1.82) is 0 Å². The average molecular weight is 333 g/mol. The van der Waals surface area contributed by atoms with E-state index in [1.54, 1.807) is 16.2 Å². The molecule has 0 radical (unpaired) electrons. The Kier molecular flexibility index (Phi) is 6.62. The van der Waals surface area contributed by atoms with Gasteiger partial charge in [0.1, 0.15) is 5.75 Å². The van der Waals surface area contributed by atoms with Crippen molar-refractivity contribution in [3.63, 3.8) is 0 Å². The number of nitrogens with zero attached hydrogens (tertiary/aromatic N) is 1. The fourth-order valence-corrected chi connectivity index (χ4v) is 3.17. The molecule has 0 aliphatic carbocycles. The molecular weight excluding hydrogens is 310 g/mol. The summed E-state index contributed by atoms with van der Waals surface area (Å²) in [6.45, 7) is 5.19. The molecule has 23 heavy (non-hydrogen) atoms. The summed E-state index contributed by atoms with van der Waals surface area (Å²) < 4.78 is 5.65. The summed E-state index contributed by atoms with van der Waals surface area (Å²) >= 11 is 1.69. The van der Waals surface area contributed by atoms with Crippen LogP contribution in [0.1, 0.15) is 21.7 Å². The van der Waals surface area contributed by atoms with E-state index in [1.807, 2.05) is 37.3 Å². The van der Waals surface area contributed by atoms with Crippen molar-refractivity contribution in [1.82, 2.24) is 4.90 Å². The first-order chi connectivity index (χ1) is 11.1. The van der Waals surface area contributed by atoms with Gasteiger partial charge in [-0.25, -0.2) is 0 Å². The van der Waals surface area contributed by atoms with Crippen molar-refractivity contribution >= 4 is 17.2 Å². The zero-order chi connectivity index (χ0) is 16.7. The zero-order valence-electron chi connectivity index (χ0n) is 13.6. The van der Waals surface area contributed by atoms with Crippen LogP contribution >= 0.6 is 11.3 Å². The smallest absolute Gasteiger partial charge is 0.260 e. The normalized spacial score (nSPS) is 10.6. The van der Waals surface area contributed by atoms with Crippen molar-refractivity contribution in [3.8, 4) is 5.75 Å². The standard InChI is InChI=1S/C18H23NO3S/c1-14-6-3-4-7-17(14)22-13-18(21)19(10-5-11-20)12-16-9-8-15(2)23-16/h3-4,6-9,20H,5,10-13H2,1-2H3. The Balaban J connectivity index is 1.97. The summed E-state index contributed by atoms with van der Waals surface area (Å²) in [5.41, 5.74) is 1.01. The minimum Gasteiger partial charge on any atom is -0.484 e. The van der Waals surface area contributed by atoms with Crippen LogP contribution in [0.2, 0.25) is 0 Å². The second-order valence-electron chi connectivity index (χ2n) is 5.46. The van der Waals surface area contributed by atoms with Crippen LogP contribution in [0, 0.1) is 13.8 Å². The minimum absolute atomic E-state index is 0.0145. The van der Waals surface area contributed by atoms with Crippen LogP contribution in [0.5, 0.6) is 5.75 Å². The number of hydrogen-bond donors (Lipinski definition) is 1. The molecule has 1 amide bonds. The summed E-state index contributed by atoms with van der Waals surface area (Å²) in [7, 11) is 0. The zero-order valence-corrected chi connectivity index (χ0v) is 14.4. The maximum Gasteiger partial charge on any atom is 0.260 e. The van der Waals surface area contributed by atoms with Gasteiger partial charge in [0.05, 0.1) is 6.54 Å². The molecule has 0 aliphatic rings. The quantitative estimate of drug-likeness (QED) is 0.807. The van der Waals surface area contributed by atoms with Crippen molar-refractivity contribution in [3.05, 3.63) is 51.7 Å². The van der Waals surface area contributed by atoms with Crippen LogP contribution in [-0.4, -0.2) is 35.7 Å². The van der Waals surface area contributed by atoms with Crippen LogP contribution in [0.3, 0.4) is 0 Å². The van der Waals surface area contributed by atoms with Crippen molar-refractivity contribution in [2.75, 3.05) is 19.8 Å². The number of aryl methyl sites for hydroxylation is 2. The minimum atomic E-state index is -0.0623. The third-order valence-electron chi connectivity index (χ3n) is 3.53. The molecule has 2 rings (SSSR count). The first-order valence-corrected chi connectivity index (χ1v) is 8.54. The molecule has 0 atom stereocenters. The lowest BCUT2D eigenvalue weighted by Crippen LogP contribution is -2.35. The first-order valence-electron chi connectivity index (χ1n) is 7.72. The fraction of sp³-hybridized carbons (Fsp3) is 0.389. The second kappa shape index (κ2) is 8.70. The van der Waals surface area contributed by atoms with Gasteiger partial charge in [-0.1, -0.05) is 18.2 Å². The molecule has 0 saturated carbocycles. The van der Waals surface area contributed by atoms with Crippen LogP contribution in [-0.2, 0) is 11.3 Å². The van der Waals surface area contributed by atoms with Crippen LogP contribution in [0.25, 0.3) is 0 Å². The molecule has 1 N–H and O–H groups in total. The van der Waals surface area contributed by atoms with E-state index in [2.05, 4.69) is 13.0 Å². The number of aliphatic hydroxyl groups excluding tert-OH is 1. The Morgan fingerprint density at radius 1 is 1.22 bits per heavy atom. The summed E-state index contributed by atoms with van der Waals surface area (Å²) in [6.07, 6.45) is 0.570. The van der Waals surface area contributed by atoms with E-state index in [0.29, 0.717) is 19.5 Å². The van der Waals surface area contributed by atoms with E-state index in [0.717, 1.165) is 16.2 Å². The lowest BCUT2D eigenvalue weighted by atomic mass is 10.2. The molecule has 0 unspecified atom stereocenters. The van der Waals surface area contributed by atoms with E-state index in [-0.39, 0.29) is 19.1 Å². The lowest BCUT2D eigenvalue weighted by molar-refractivity contribution is -0.134. The fourth-order valence-electron chi connectivity index (χ4n) is 2.26. The number of thiophene rings is 1. The molecule has 0 fully saturated rings. The van der Waals surface area contributed by atoms with Crippen molar-refractivity contribution in [2.45, 2.75) is 26.8 Å². The summed E-state index contributed by atoms with van der Waals surface area (Å²) in [4.78, 5) is 16.6. The Morgan fingerprint density at radius 2 is 2.00 bits per heavy atom. The Morgan fingerprint density at radius 3 is 2.65 bits per heavy atom. The van der Waals surface area contributed by atoms with E-state index in [1.165, 1.54) is 4.88 Å². The highest BCUT2D eigenvalue weighted by Gasteiger charge is 2.15. The van der Waals surface area contributed by atoms with Gasteiger partial charge in [0.2, 0.25) is 0 Å². The third-order valence-corrected chi connectivity index (χ3v) is 4.51. The monoisotopic (exact) mass is 333 g/mol. The van der Waals surface area contributed by atoms with Gasteiger partial charge in [-0.05, 0) is 44.0 Å². The van der Waals surface area contributed by atoms with Gasteiger partial charge in [0.25, 0.3) is 5.91 Å². The summed E-state index contributed by atoms with van der Waals surface area (Å²) in [6, 6.07) is 11.8. The highest BCUT2D eigenvalue weighted by Crippen LogP contribution is 2.19. The van der Waals surface area contributed by atoms with Crippen molar-refractivity contribution < 1.29 is 14.6 Å². The molecule has 1 heterocycles. The Labute approximate surface area is 141 Å². The molecule has 0 bridgehead atoms. The molecule has 0 spiro atoms. The van der Waals surface area contributed by atoms with Crippen LogP contribution in [0.4, 0.5) is 0 Å². The van der Waals surface area contributed by atoms with Gasteiger partial charge >= 0.3 is 0 Å². The van der Waals surface area contributed by atoms with E-state index in [9.17, 15) is 4.79 Å². The van der Waals surface area contributed by atoms with Gasteiger partial charge in [-0.2, -0.15) is 0 Å². The number of para-hydroxylation sites is 1. The molecule has 1 aromatic heterocycles. The number of ether oxygens (including phenoxy) is 1. The molecular formula is C18H23NO3S. The lowest BCUT2D eigenvalue weighted by Gasteiger charge is -2.22. The highest BCUT2D eigenvalue weighted by atomic mass is 32.1. The largest absolute Gasteiger partial charge is 0.484 e. The number of carbonyl (C=O) groups is 1. The molecule has 4 nitrogen and oxygen atoms in total. The Bertz CT molecular complexity index is 639. The number of carbonyl (C=O) groups excluding carboxylic acids is 1. The average Bonchev–Trinajstić information content (AvgIpc) is 2.95. The van der Waals surface area contributed by atoms with Gasteiger partial charge < -0.3 is 14.7 Å². The Hall–Kier alpha value is -1.85. The summed E-state index contributed by atoms with van der Waals surface area (Å²) in [5.74, 6) is 0.669. The molecule has 5 heteroatoms. The van der Waals surface area contributed by atoms with E-state index in [4.69, 9.17) is 9.84 Å². The number of rotatable bonds is 8. The molecule has 0 aliphatic heterocycles. The maximum absolute atomic E-state index is 12.5. The van der Waals surface area contributed by atoms with Crippen molar-refractivity contribution in [2.24, 2.45) is 0 Å². The van der Waals surface area contributed by atoms with Crippen LogP contribution in [0.15, 0.2) is 36.4 Å². The van der Waals surface area contributed by atoms with Gasteiger partial charge in [-0.15, -0.1) is 11.3 Å². The van der Waals surface area contributed by atoms with Gasteiger partial charge in [0, 0.05) is 22.9 Å². The number of benzene rings is 1. The molecule has 2 aromatic rings. The number of aliphatic hydroxyl groups is 1. The maximum atomic E-state index is 12.5. The topological polar surface area (TPSA) is 49.8 Å². The molecule has 0 saturated heterocycles. The summed E-state index contributed by atoms with van der Waals surface area (Å²) in [5, 5.41) is 9.04. The highest BCUT2D eigenvalue weighted by molar-refractivity contribution is 7.11. The second-order valence-corrected chi connectivity index (χ2v) is 6.83. The number of amides is 1. The first kappa shape index (κ1) is 17.5. The molecule has 124 valence electrons. The van der Waals surface area contributed by atoms with Crippen LogP contribution < -0.4 is 4.74 Å². The van der Waals surface area contributed by atoms with E-state index < -0.39 is 0 Å². The number of hydrogen-bond acceptors (Lipinski definition) is 4. The predicted molar refractivity (Wildman–Crippen MR) is 92.8 cm³/mol. The molecule has 1 aromatic carbocycles. The van der Waals surface area contributed by atoms with Gasteiger partial charge in [-0.3, -0.25) is 4.79 Å². The van der Waals surface area contributed by atoms with E-state index >= 15 is 0 Å². The SMILES string of the molecule is Cc1ccc(CN(CCCO)C(=O)COc2ccccc2C)s1.